The third-order valence-electron chi connectivity index (χ3n) is 4.32. The Balaban J connectivity index is 1.36. The van der Waals surface area contributed by atoms with E-state index in [-0.39, 0.29) is 12.0 Å². The van der Waals surface area contributed by atoms with Crippen molar-refractivity contribution in [1.82, 2.24) is 20.1 Å². The topological polar surface area (TPSA) is 71.1 Å². The molecule has 0 saturated carbocycles. The molecule has 1 saturated heterocycles. The fourth-order valence-electron chi connectivity index (χ4n) is 2.94. The van der Waals surface area contributed by atoms with Gasteiger partial charge in [0.2, 0.25) is 5.88 Å². The highest BCUT2D eigenvalue weighted by atomic mass is 35.5. The standard InChI is InChI=1S/C18H17ClN4O2S/c19-13-3-1-7-20-17(13)25-12-5-8-23(9-6-12)18(24)15-11-14(21-22-15)16-4-2-10-26-16/h1-4,7,10-12H,5-6,8-9H2,(H,21,22). The van der Waals surface area contributed by atoms with Gasteiger partial charge >= 0.3 is 0 Å². The van der Waals surface area contributed by atoms with Gasteiger partial charge in [0.05, 0.1) is 10.6 Å². The van der Waals surface area contributed by atoms with Crippen LogP contribution in [0, 0.1) is 0 Å². The summed E-state index contributed by atoms with van der Waals surface area (Å²) in [5.74, 6) is 0.394. The smallest absolute Gasteiger partial charge is 0.274 e. The van der Waals surface area contributed by atoms with Crippen LogP contribution in [0.1, 0.15) is 23.3 Å². The highest BCUT2D eigenvalue weighted by Gasteiger charge is 2.26. The maximum atomic E-state index is 12.7. The van der Waals surface area contributed by atoms with Gasteiger partial charge in [-0.2, -0.15) is 5.10 Å². The van der Waals surface area contributed by atoms with Crippen molar-refractivity contribution in [3.05, 3.63) is 52.6 Å². The predicted molar refractivity (Wildman–Crippen MR) is 101 cm³/mol. The van der Waals surface area contributed by atoms with E-state index in [9.17, 15) is 4.79 Å². The van der Waals surface area contributed by atoms with E-state index < -0.39 is 0 Å². The predicted octanol–water partition coefficient (Wildman–Crippen LogP) is 3.87. The Kier molecular flexibility index (Phi) is 4.90. The van der Waals surface area contributed by atoms with Gasteiger partial charge in [0.1, 0.15) is 11.1 Å². The molecule has 0 unspecified atom stereocenters. The van der Waals surface area contributed by atoms with Gasteiger partial charge in [-0.15, -0.1) is 11.3 Å². The first-order chi connectivity index (χ1) is 12.7. The summed E-state index contributed by atoms with van der Waals surface area (Å²) < 4.78 is 5.87. The van der Waals surface area contributed by atoms with Crippen LogP contribution in [0.5, 0.6) is 5.88 Å². The minimum Gasteiger partial charge on any atom is -0.473 e. The highest BCUT2D eigenvalue weighted by molar-refractivity contribution is 7.13. The van der Waals surface area contributed by atoms with E-state index in [0.29, 0.717) is 29.7 Å². The molecule has 0 aromatic carbocycles. The van der Waals surface area contributed by atoms with Crippen LogP contribution in [-0.4, -0.2) is 45.2 Å². The lowest BCUT2D eigenvalue weighted by atomic mass is 10.1. The van der Waals surface area contributed by atoms with Gasteiger partial charge in [0, 0.05) is 32.1 Å². The summed E-state index contributed by atoms with van der Waals surface area (Å²) in [4.78, 5) is 19.7. The molecule has 1 fully saturated rings. The number of thiophene rings is 1. The SMILES string of the molecule is O=C(c1cc(-c2cccs2)[nH]n1)N1CCC(Oc2ncccc2Cl)CC1. The summed E-state index contributed by atoms with van der Waals surface area (Å²) >= 11 is 7.69. The maximum absolute atomic E-state index is 12.7. The fourth-order valence-corrected chi connectivity index (χ4v) is 3.80. The van der Waals surface area contributed by atoms with Crippen molar-refractivity contribution in [2.75, 3.05) is 13.1 Å². The molecule has 4 heterocycles. The molecule has 1 aliphatic heterocycles. The molecule has 134 valence electrons. The van der Waals surface area contributed by atoms with Gasteiger partial charge in [0.15, 0.2) is 5.69 Å². The number of likely N-dealkylation sites (tertiary alicyclic amines) is 1. The van der Waals surface area contributed by atoms with Gasteiger partial charge in [0.25, 0.3) is 5.91 Å². The van der Waals surface area contributed by atoms with E-state index in [1.54, 1.807) is 29.7 Å². The number of piperidine rings is 1. The molecule has 1 aliphatic rings. The number of ether oxygens (including phenoxy) is 1. The maximum Gasteiger partial charge on any atom is 0.274 e. The Bertz CT molecular complexity index is 888. The number of hydrogen-bond donors (Lipinski definition) is 1. The van der Waals surface area contributed by atoms with Crippen molar-refractivity contribution < 1.29 is 9.53 Å². The summed E-state index contributed by atoms with van der Waals surface area (Å²) in [5.41, 5.74) is 1.31. The molecule has 0 aliphatic carbocycles. The number of carbonyl (C=O) groups is 1. The molecule has 0 bridgehead atoms. The fraction of sp³-hybridized carbons (Fsp3) is 0.278. The lowest BCUT2D eigenvalue weighted by molar-refractivity contribution is 0.0582. The Morgan fingerprint density at radius 3 is 2.88 bits per heavy atom. The van der Waals surface area contributed by atoms with E-state index in [1.807, 2.05) is 28.5 Å². The van der Waals surface area contributed by atoms with Gasteiger partial charge in [-0.25, -0.2) is 4.98 Å². The summed E-state index contributed by atoms with van der Waals surface area (Å²) in [6.07, 6.45) is 3.14. The largest absolute Gasteiger partial charge is 0.473 e. The zero-order valence-corrected chi connectivity index (χ0v) is 15.5. The number of aromatic nitrogens is 3. The molecular weight excluding hydrogens is 372 g/mol. The van der Waals surface area contributed by atoms with Crippen LogP contribution < -0.4 is 4.74 Å². The van der Waals surface area contributed by atoms with Crippen molar-refractivity contribution in [2.24, 2.45) is 0 Å². The molecule has 26 heavy (non-hydrogen) atoms. The zero-order valence-electron chi connectivity index (χ0n) is 13.9. The normalized spacial score (nSPS) is 15.2. The first-order valence-electron chi connectivity index (χ1n) is 8.36. The van der Waals surface area contributed by atoms with Crippen molar-refractivity contribution >= 4 is 28.8 Å². The Hall–Kier alpha value is -2.38. The van der Waals surface area contributed by atoms with Crippen molar-refractivity contribution in [3.63, 3.8) is 0 Å². The first kappa shape index (κ1) is 17.1. The van der Waals surface area contributed by atoms with E-state index in [4.69, 9.17) is 16.3 Å². The quantitative estimate of drug-likeness (QED) is 0.736. The molecule has 1 amide bonds. The first-order valence-corrected chi connectivity index (χ1v) is 9.62. The van der Waals surface area contributed by atoms with Crippen LogP contribution in [0.4, 0.5) is 0 Å². The molecule has 3 aromatic heterocycles. The van der Waals surface area contributed by atoms with Gasteiger partial charge < -0.3 is 9.64 Å². The number of nitrogens with zero attached hydrogens (tertiary/aromatic N) is 3. The lowest BCUT2D eigenvalue weighted by Gasteiger charge is -2.31. The number of carbonyl (C=O) groups excluding carboxylic acids is 1. The van der Waals surface area contributed by atoms with E-state index in [0.717, 1.165) is 23.4 Å². The van der Waals surface area contributed by atoms with Crippen LogP contribution in [0.2, 0.25) is 5.02 Å². The van der Waals surface area contributed by atoms with Crippen LogP contribution in [0.15, 0.2) is 41.9 Å². The van der Waals surface area contributed by atoms with Crippen molar-refractivity contribution in [1.29, 1.82) is 0 Å². The summed E-state index contributed by atoms with van der Waals surface area (Å²) in [6.45, 7) is 1.24. The van der Waals surface area contributed by atoms with Crippen LogP contribution in [-0.2, 0) is 0 Å². The highest BCUT2D eigenvalue weighted by Crippen LogP contribution is 2.26. The molecule has 8 heteroatoms. The zero-order chi connectivity index (χ0) is 17.9. The van der Waals surface area contributed by atoms with Crippen LogP contribution in [0.25, 0.3) is 10.6 Å². The number of halogens is 1. The number of aromatic amines is 1. The molecule has 4 rings (SSSR count). The second-order valence-electron chi connectivity index (χ2n) is 6.04. The van der Waals surface area contributed by atoms with Crippen molar-refractivity contribution in [2.45, 2.75) is 18.9 Å². The summed E-state index contributed by atoms with van der Waals surface area (Å²) in [6, 6.07) is 9.31. The lowest BCUT2D eigenvalue weighted by Crippen LogP contribution is -2.42. The molecule has 0 atom stereocenters. The molecule has 0 radical (unpaired) electrons. The van der Waals surface area contributed by atoms with Gasteiger partial charge in [-0.1, -0.05) is 17.7 Å². The molecule has 0 spiro atoms. The monoisotopic (exact) mass is 388 g/mol. The Morgan fingerprint density at radius 1 is 1.31 bits per heavy atom. The Morgan fingerprint density at radius 2 is 2.15 bits per heavy atom. The molecular formula is C18H17ClN4O2S. The minimum absolute atomic E-state index is 0.00677. The molecule has 3 aromatic rings. The number of H-pyrrole nitrogens is 1. The number of amides is 1. The second kappa shape index (κ2) is 7.47. The third-order valence-corrected chi connectivity index (χ3v) is 5.51. The molecule has 6 nitrogen and oxygen atoms in total. The summed E-state index contributed by atoms with van der Waals surface area (Å²) in [7, 11) is 0. The number of rotatable bonds is 4. The summed E-state index contributed by atoms with van der Waals surface area (Å²) in [5, 5.41) is 9.62. The van der Waals surface area contributed by atoms with E-state index in [1.165, 1.54) is 0 Å². The van der Waals surface area contributed by atoms with Crippen LogP contribution >= 0.6 is 22.9 Å². The number of nitrogens with one attached hydrogen (secondary N) is 1. The average molecular weight is 389 g/mol. The molecule has 1 N–H and O–H groups in total. The third kappa shape index (κ3) is 3.59. The average Bonchev–Trinajstić information content (AvgIpc) is 3.35. The Labute approximate surface area is 159 Å². The van der Waals surface area contributed by atoms with Gasteiger partial charge in [-0.05, 0) is 29.6 Å². The van der Waals surface area contributed by atoms with Gasteiger partial charge in [-0.3, -0.25) is 9.89 Å². The number of pyridine rings is 1. The van der Waals surface area contributed by atoms with Crippen LogP contribution in [0.3, 0.4) is 0 Å². The van der Waals surface area contributed by atoms with Crippen molar-refractivity contribution in [3.8, 4) is 16.5 Å². The number of hydrogen-bond acceptors (Lipinski definition) is 5. The second-order valence-corrected chi connectivity index (χ2v) is 7.40. The minimum atomic E-state index is -0.0571. The van der Waals surface area contributed by atoms with E-state index in [2.05, 4.69) is 15.2 Å². The van der Waals surface area contributed by atoms with E-state index >= 15 is 0 Å².